The summed E-state index contributed by atoms with van der Waals surface area (Å²) in [5.41, 5.74) is 0.282. The van der Waals surface area contributed by atoms with Crippen LogP contribution in [0.4, 0.5) is 0 Å². The molecule has 0 unspecified atom stereocenters. The third kappa shape index (κ3) is 6.52. The first-order valence-electron chi connectivity index (χ1n) is 5.45. The van der Waals surface area contributed by atoms with E-state index in [1.54, 1.807) is 11.1 Å². The van der Waals surface area contributed by atoms with Crippen LogP contribution in [0.15, 0.2) is 24.4 Å². The lowest BCUT2D eigenvalue weighted by Crippen LogP contribution is -2.16. The number of hydrogen-bond donors (Lipinski definition) is 2. The summed E-state index contributed by atoms with van der Waals surface area (Å²) in [7, 11) is 0. The monoisotopic (exact) mass is 241 g/mol. The number of likely N-dealkylation sites (tertiary alicyclic amines) is 1. The van der Waals surface area contributed by atoms with Crippen molar-refractivity contribution in [1.82, 2.24) is 4.90 Å². The van der Waals surface area contributed by atoms with Crippen molar-refractivity contribution in [2.75, 3.05) is 13.2 Å². The zero-order valence-electron chi connectivity index (χ0n) is 10.1. The Morgan fingerprint density at radius 3 is 2.53 bits per heavy atom. The first-order chi connectivity index (χ1) is 8.02. The van der Waals surface area contributed by atoms with E-state index in [4.69, 9.17) is 10.2 Å². The minimum Gasteiger partial charge on any atom is -0.478 e. The highest BCUT2D eigenvalue weighted by atomic mass is 16.4. The van der Waals surface area contributed by atoms with Gasteiger partial charge in [0, 0.05) is 25.1 Å². The molecule has 5 heteroatoms. The lowest BCUT2D eigenvalue weighted by atomic mass is 10.2. The Labute approximate surface area is 101 Å². The van der Waals surface area contributed by atoms with Gasteiger partial charge in [-0.15, -0.1) is 0 Å². The Kier molecular flexibility index (Phi) is 7.71. The van der Waals surface area contributed by atoms with Gasteiger partial charge in [0.2, 0.25) is 5.91 Å². The Hall–Kier alpha value is -1.62. The van der Waals surface area contributed by atoms with E-state index in [0.29, 0.717) is 12.8 Å². The van der Waals surface area contributed by atoms with Crippen LogP contribution in [0.5, 0.6) is 0 Å². The van der Waals surface area contributed by atoms with E-state index in [2.05, 4.69) is 6.58 Å². The zero-order valence-corrected chi connectivity index (χ0v) is 10.1. The van der Waals surface area contributed by atoms with Gasteiger partial charge in [0.05, 0.1) is 0 Å². The van der Waals surface area contributed by atoms with E-state index in [9.17, 15) is 9.59 Å². The second kappa shape index (κ2) is 8.52. The highest BCUT2D eigenvalue weighted by Gasteiger charge is 2.15. The molecule has 1 saturated heterocycles. The molecule has 0 aromatic rings. The van der Waals surface area contributed by atoms with Crippen molar-refractivity contribution in [2.24, 2.45) is 0 Å². The van der Waals surface area contributed by atoms with Gasteiger partial charge in [-0.1, -0.05) is 12.7 Å². The number of amides is 1. The number of carboxylic acids is 1. The molecular weight excluding hydrogens is 222 g/mol. The molecule has 5 nitrogen and oxygen atoms in total. The molecular formula is C12H19NO4. The molecule has 0 aromatic carbocycles. The van der Waals surface area contributed by atoms with E-state index < -0.39 is 5.97 Å². The number of aliphatic hydroxyl groups is 1. The fourth-order valence-electron chi connectivity index (χ4n) is 1.23. The largest absolute Gasteiger partial charge is 0.478 e. The van der Waals surface area contributed by atoms with Crippen LogP contribution in [0.2, 0.25) is 0 Å². The fourth-order valence-corrected chi connectivity index (χ4v) is 1.23. The van der Waals surface area contributed by atoms with E-state index in [-0.39, 0.29) is 18.1 Å². The number of carboxylic acid groups (broad SMARTS) is 1. The number of aliphatic hydroxyl groups excluding tert-OH is 1. The zero-order chi connectivity index (χ0) is 13.3. The average Bonchev–Trinajstić information content (AvgIpc) is 2.72. The maximum Gasteiger partial charge on any atom is 0.330 e. The molecule has 1 heterocycles. The van der Waals surface area contributed by atoms with Crippen molar-refractivity contribution in [2.45, 2.75) is 26.2 Å². The molecule has 0 spiro atoms. The van der Waals surface area contributed by atoms with Gasteiger partial charge < -0.3 is 15.1 Å². The highest BCUT2D eigenvalue weighted by molar-refractivity contribution is 5.85. The van der Waals surface area contributed by atoms with Crippen LogP contribution in [0.25, 0.3) is 0 Å². The fraction of sp³-hybridized carbons (Fsp3) is 0.500. The number of carbonyl (C=O) groups excluding carboxylic acids is 1. The van der Waals surface area contributed by atoms with Crippen molar-refractivity contribution < 1.29 is 19.8 Å². The van der Waals surface area contributed by atoms with Gasteiger partial charge in [0.1, 0.15) is 0 Å². The number of carbonyl (C=O) groups is 2. The molecule has 0 saturated carbocycles. The quantitative estimate of drug-likeness (QED) is 0.724. The maximum atomic E-state index is 10.7. The van der Waals surface area contributed by atoms with Crippen molar-refractivity contribution in [3.63, 3.8) is 0 Å². The van der Waals surface area contributed by atoms with Crippen LogP contribution in [0.3, 0.4) is 0 Å². The van der Waals surface area contributed by atoms with Gasteiger partial charge in [0.15, 0.2) is 0 Å². The van der Waals surface area contributed by atoms with Crippen LogP contribution < -0.4 is 0 Å². The molecule has 1 aliphatic rings. The number of rotatable bonds is 4. The normalized spacial score (nSPS) is 15.3. The summed E-state index contributed by atoms with van der Waals surface area (Å²) in [6.07, 6.45) is 5.19. The maximum absolute atomic E-state index is 10.7. The Morgan fingerprint density at radius 2 is 2.24 bits per heavy atom. The minimum atomic E-state index is -0.927. The molecule has 0 bridgehead atoms. The summed E-state index contributed by atoms with van der Waals surface area (Å²) in [6.45, 7) is 5.86. The van der Waals surface area contributed by atoms with Gasteiger partial charge in [-0.05, 0) is 26.0 Å². The molecule has 0 aromatic heterocycles. The average molecular weight is 241 g/mol. The Morgan fingerprint density at radius 1 is 1.59 bits per heavy atom. The van der Waals surface area contributed by atoms with E-state index in [1.807, 2.05) is 0 Å². The van der Waals surface area contributed by atoms with Crippen molar-refractivity contribution >= 4 is 11.9 Å². The van der Waals surface area contributed by atoms with Gasteiger partial charge in [-0.3, -0.25) is 4.79 Å². The molecule has 1 aliphatic heterocycles. The molecule has 0 radical (unpaired) electrons. The molecule has 2 N–H and O–H groups in total. The number of nitrogens with zero attached hydrogens (tertiary/aromatic N) is 1. The van der Waals surface area contributed by atoms with Crippen LogP contribution in [-0.2, 0) is 9.59 Å². The van der Waals surface area contributed by atoms with Gasteiger partial charge in [-0.25, -0.2) is 4.79 Å². The van der Waals surface area contributed by atoms with Crippen molar-refractivity contribution in [3.05, 3.63) is 24.4 Å². The smallest absolute Gasteiger partial charge is 0.330 e. The van der Waals surface area contributed by atoms with Crippen LogP contribution in [0.1, 0.15) is 26.2 Å². The third-order valence-corrected chi connectivity index (χ3v) is 2.25. The summed E-state index contributed by atoms with van der Waals surface area (Å²) >= 11 is 0. The summed E-state index contributed by atoms with van der Waals surface area (Å²) in [5, 5.41) is 16.5. The van der Waals surface area contributed by atoms with Crippen LogP contribution >= 0.6 is 0 Å². The van der Waals surface area contributed by atoms with Gasteiger partial charge in [-0.2, -0.15) is 0 Å². The van der Waals surface area contributed by atoms with Gasteiger partial charge in [0.25, 0.3) is 0 Å². The predicted molar refractivity (Wildman–Crippen MR) is 64.2 cm³/mol. The molecule has 17 heavy (non-hydrogen) atoms. The lowest BCUT2D eigenvalue weighted by molar-refractivity contribution is -0.132. The van der Waals surface area contributed by atoms with Gasteiger partial charge >= 0.3 is 5.97 Å². The molecule has 0 atom stereocenters. The lowest BCUT2D eigenvalue weighted by Gasteiger charge is -2.05. The second-order valence-corrected chi connectivity index (χ2v) is 3.58. The summed E-state index contributed by atoms with van der Waals surface area (Å²) < 4.78 is 0. The Bertz CT molecular complexity index is 310. The highest BCUT2D eigenvalue weighted by Crippen LogP contribution is 2.08. The molecule has 1 fully saturated rings. The first kappa shape index (κ1) is 15.4. The summed E-state index contributed by atoms with van der Waals surface area (Å²) in [4.78, 5) is 22.4. The van der Waals surface area contributed by atoms with Crippen LogP contribution in [-0.4, -0.2) is 40.1 Å². The van der Waals surface area contributed by atoms with E-state index in [1.165, 1.54) is 13.0 Å². The van der Waals surface area contributed by atoms with Crippen LogP contribution in [0, 0.1) is 0 Å². The summed E-state index contributed by atoms with van der Waals surface area (Å²) in [5.74, 6) is -0.719. The molecule has 1 amide bonds. The minimum absolute atomic E-state index is 0.00458. The topological polar surface area (TPSA) is 77.8 Å². The standard InChI is InChI=1S/C6H9NO.C6H10O3/c1-2-7-5-3-4-6(7)8;1-5(6(8)9)3-2-4-7/h2H,1,3-5H2;3,7H,2,4H2,1H3,(H,8,9). The Balaban J connectivity index is 0.000000302. The molecule has 0 aliphatic carbocycles. The third-order valence-electron chi connectivity index (χ3n) is 2.25. The first-order valence-corrected chi connectivity index (χ1v) is 5.45. The van der Waals surface area contributed by atoms with E-state index >= 15 is 0 Å². The SMILES string of the molecule is C=CN1CCCC1=O.CC(=CCCO)C(=O)O. The second-order valence-electron chi connectivity index (χ2n) is 3.58. The molecule has 1 rings (SSSR count). The summed E-state index contributed by atoms with van der Waals surface area (Å²) in [6, 6.07) is 0. The predicted octanol–water partition coefficient (Wildman–Crippen LogP) is 1.15. The molecule has 96 valence electrons. The van der Waals surface area contributed by atoms with Crippen molar-refractivity contribution in [1.29, 1.82) is 0 Å². The number of hydrogen-bond acceptors (Lipinski definition) is 3. The van der Waals surface area contributed by atoms with E-state index in [0.717, 1.165) is 13.0 Å². The number of aliphatic carboxylic acids is 1. The van der Waals surface area contributed by atoms with Crippen molar-refractivity contribution in [3.8, 4) is 0 Å².